The molecule has 4 heteroatoms. The molecule has 0 unspecified atom stereocenters. The van der Waals surface area contributed by atoms with E-state index in [1.807, 2.05) is 0 Å². The summed E-state index contributed by atoms with van der Waals surface area (Å²) in [6.45, 7) is 1.95. The molecule has 1 fully saturated rings. The molecule has 2 nitrogen and oxygen atoms in total. The van der Waals surface area contributed by atoms with Gasteiger partial charge in [-0.2, -0.15) is 0 Å². The Bertz CT molecular complexity index is 424. The van der Waals surface area contributed by atoms with Crippen LogP contribution in [-0.4, -0.2) is 43.9 Å². The standard InChI is InChI=1S/C13H14ClNOSe/c14-11-6-4-10(5-7-11)12(16)13(17)15-8-2-1-3-9-15/h4-7H,1-3,8-9H2. The Morgan fingerprint density at radius 2 is 1.71 bits per heavy atom. The van der Waals surface area contributed by atoms with Crippen LogP contribution in [0.3, 0.4) is 0 Å². The van der Waals surface area contributed by atoms with Gasteiger partial charge in [0, 0.05) is 0 Å². The van der Waals surface area contributed by atoms with E-state index in [1.165, 1.54) is 19.3 Å². The quantitative estimate of drug-likeness (QED) is 0.630. The average Bonchev–Trinajstić information content (AvgIpc) is 2.39. The molecule has 90 valence electrons. The molecule has 1 aromatic carbocycles. The molecule has 0 spiro atoms. The van der Waals surface area contributed by atoms with Crippen molar-refractivity contribution in [2.45, 2.75) is 19.3 Å². The molecule has 0 bridgehead atoms. The first kappa shape index (κ1) is 12.8. The summed E-state index contributed by atoms with van der Waals surface area (Å²) in [5, 5.41) is 0.654. The Morgan fingerprint density at radius 3 is 2.29 bits per heavy atom. The van der Waals surface area contributed by atoms with E-state index in [9.17, 15) is 4.79 Å². The fourth-order valence-electron chi connectivity index (χ4n) is 1.97. The number of carbonyl (C=O) groups excluding carboxylic acids is 1. The number of carbonyl (C=O) groups is 1. The van der Waals surface area contributed by atoms with Crippen molar-refractivity contribution < 1.29 is 4.79 Å². The van der Waals surface area contributed by atoms with Gasteiger partial charge in [0.1, 0.15) is 0 Å². The third-order valence-corrected chi connectivity index (χ3v) is 4.13. The van der Waals surface area contributed by atoms with Crippen LogP contribution in [0.4, 0.5) is 0 Å². The van der Waals surface area contributed by atoms with Crippen molar-refractivity contribution in [3.63, 3.8) is 0 Å². The number of hydrogen-bond acceptors (Lipinski definition) is 2. The second-order valence-electron chi connectivity index (χ2n) is 4.19. The predicted octanol–water partition coefficient (Wildman–Crippen LogP) is 2.31. The monoisotopic (exact) mass is 315 g/mol. The number of halogens is 1. The molecule has 1 heterocycles. The van der Waals surface area contributed by atoms with E-state index in [4.69, 9.17) is 11.6 Å². The number of piperidine rings is 1. The van der Waals surface area contributed by atoms with Gasteiger partial charge in [0.2, 0.25) is 0 Å². The van der Waals surface area contributed by atoms with Crippen LogP contribution >= 0.6 is 11.6 Å². The molecule has 2 rings (SSSR count). The minimum absolute atomic E-state index is 0.0589. The molecular weight excluding hydrogens is 301 g/mol. The molecule has 0 amide bonds. The number of rotatable bonds is 3. The van der Waals surface area contributed by atoms with Crippen LogP contribution in [-0.2, 0) is 0 Å². The van der Waals surface area contributed by atoms with Crippen molar-refractivity contribution in [1.29, 1.82) is 0 Å². The third-order valence-electron chi connectivity index (χ3n) is 2.94. The molecule has 0 atom stereocenters. The number of hydrogen-bond donors (Lipinski definition) is 0. The zero-order valence-corrected chi connectivity index (χ0v) is 12.0. The summed E-state index contributed by atoms with van der Waals surface area (Å²) in [5.74, 6) is 0.0589. The van der Waals surface area contributed by atoms with Gasteiger partial charge in [-0.1, -0.05) is 0 Å². The van der Waals surface area contributed by atoms with Gasteiger partial charge in [0.15, 0.2) is 0 Å². The summed E-state index contributed by atoms with van der Waals surface area (Å²) in [6.07, 6.45) is 3.59. The number of likely N-dealkylation sites (tertiary alicyclic amines) is 1. The molecule has 1 aliphatic rings. The van der Waals surface area contributed by atoms with Crippen molar-refractivity contribution in [3.8, 4) is 0 Å². The van der Waals surface area contributed by atoms with E-state index >= 15 is 0 Å². The van der Waals surface area contributed by atoms with Gasteiger partial charge in [-0.3, -0.25) is 0 Å². The normalized spacial score (nSPS) is 15.7. The van der Waals surface area contributed by atoms with Crippen LogP contribution in [0.15, 0.2) is 24.3 Å². The number of nitrogens with zero attached hydrogens (tertiary/aromatic N) is 1. The molecule has 1 aromatic rings. The Morgan fingerprint density at radius 1 is 1.12 bits per heavy atom. The Labute approximate surface area is 114 Å². The van der Waals surface area contributed by atoms with Gasteiger partial charge in [-0.15, -0.1) is 0 Å². The number of Topliss-reactive ketones (excluding diaryl/α,β-unsaturated/α-hetero) is 1. The molecule has 0 radical (unpaired) electrons. The van der Waals surface area contributed by atoms with Gasteiger partial charge in [0.25, 0.3) is 0 Å². The van der Waals surface area contributed by atoms with Crippen LogP contribution in [0.1, 0.15) is 29.6 Å². The van der Waals surface area contributed by atoms with E-state index in [0.29, 0.717) is 10.6 Å². The molecular formula is C13H14ClNOSe. The number of ketones is 1. The number of benzene rings is 1. The summed E-state index contributed by atoms with van der Waals surface area (Å²) in [4.78, 5) is 14.3. The van der Waals surface area contributed by atoms with Crippen LogP contribution in [0.5, 0.6) is 0 Å². The van der Waals surface area contributed by atoms with Crippen LogP contribution in [0, 0.1) is 0 Å². The second-order valence-corrected chi connectivity index (χ2v) is 5.44. The summed E-state index contributed by atoms with van der Waals surface area (Å²) >= 11 is 8.73. The molecule has 0 aromatic heterocycles. The Kier molecular flexibility index (Phi) is 4.38. The van der Waals surface area contributed by atoms with Gasteiger partial charge in [0.05, 0.1) is 0 Å². The second kappa shape index (κ2) is 5.81. The first-order valence-electron chi connectivity index (χ1n) is 5.77. The third kappa shape index (κ3) is 3.18. The van der Waals surface area contributed by atoms with E-state index in [0.717, 1.165) is 17.6 Å². The van der Waals surface area contributed by atoms with Crippen LogP contribution in [0.25, 0.3) is 0 Å². The van der Waals surface area contributed by atoms with Crippen LogP contribution in [0.2, 0.25) is 5.02 Å². The molecule has 0 N–H and O–H groups in total. The van der Waals surface area contributed by atoms with Gasteiger partial charge < -0.3 is 0 Å². The molecule has 0 saturated carbocycles. The summed E-state index contributed by atoms with van der Waals surface area (Å²) < 4.78 is 0.729. The van der Waals surface area contributed by atoms with Crippen molar-refractivity contribution in [3.05, 3.63) is 34.9 Å². The van der Waals surface area contributed by atoms with Crippen LogP contribution < -0.4 is 0 Å². The topological polar surface area (TPSA) is 20.3 Å². The maximum atomic E-state index is 12.2. The minimum atomic E-state index is 0.0589. The van der Waals surface area contributed by atoms with E-state index in [-0.39, 0.29) is 5.78 Å². The first-order chi connectivity index (χ1) is 8.18. The Hall–Kier alpha value is -0.631. The molecule has 1 aliphatic heterocycles. The van der Waals surface area contributed by atoms with E-state index < -0.39 is 0 Å². The summed E-state index contributed by atoms with van der Waals surface area (Å²) in [7, 11) is 0. The van der Waals surface area contributed by atoms with Gasteiger partial charge >= 0.3 is 114 Å². The van der Waals surface area contributed by atoms with Gasteiger partial charge in [-0.25, -0.2) is 0 Å². The van der Waals surface area contributed by atoms with Crippen molar-refractivity contribution in [2.75, 3.05) is 13.1 Å². The predicted molar refractivity (Wildman–Crippen MR) is 72.0 cm³/mol. The van der Waals surface area contributed by atoms with E-state index in [1.54, 1.807) is 24.3 Å². The Balaban J connectivity index is 2.08. The zero-order chi connectivity index (χ0) is 12.3. The van der Waals surface area contributed by atoms with Gasteiger partial charge in [-0.05, 0) is 0 Å². The van der Waals surface area contributed by atoms with Crippen molar-refractivity contribution >= 4 is 37.5 Å². The summed E-state index contributed by atoms with van der Waals surface area (Å²) in [5.41, 5.74) is 0.689. The molecule has 17 heavy (non-hydrogen) atoms. The van der Waals surface area contributed by atoms with Crippen molar-refractivity contribution in [1.82, 2.24) is 4.90 Å². The maximum absolute atomic E-state index is 12.2. The fourth-order valence-corrected chi connectivity index (χ4v) is 2.72. The molecule has 0 aliphatic carbocycles. The molecule has 1 saturated heterocycles. The zero-order valence-electron chi connectivity index (χ0n) is 9.49. The summed E-state index contributed by atoms with van der Waals surface area (Å²) in [6, 6.07) is 7.04. The SMILES string of the molecule is O=C(C(=[Se])N1CCCCC1)c1ccc(Cl)cc1. The van der Waals surface area contributed by atoms with E-state index in [2.05, 4.69) is 20.5 Å². The average molecular weight is 315 g/mol. The fraction of sp³-hybridized carbons (Fsp3) is 0.385. The van der Waals surface area contributed by atoms with Crippen molar-refractivity contribution in [2.24, 2.45) is 0 Å². The first-order valence-corrected chi connectivity index (χ1v) is 7.01.